The van der Waals surface area contributed by atoms with Crippen LogP contribution in [0.2, 0.25) is 0 Å². The van der Waals surface area contributed by atoms with Gasteiger partial charge in [0.05, 0.1) is 5.69 Å². The molecule has 1 heterocycles. The third kappa shape index (κ3) is 2.40. The Morgan fingerprint density at radius 2 is 1.80 bits per heavy atom. The normalized spacial score (nSPS) is 10.7. The molecule has 100 valence electrons. The second-order valence-corrected chi connectivity index (χ2v) is 5.15. The Labute approximate surface area is 118 Å². The first-order valence-electron chi connectivity index (χ1n) is 5.90. The van der Waals surface area contributed by atoms with Gasteiger partial charge in [-0.15, -0.1) is 11.3 Å². The van der Waals surface area contributed by atoms with Crippen LogP contribution in [0.3, 0.4) is 0 Å². The molecule has 0 radical (unpaired) electrons. The number of nitrogens with zero attached hydrogens (tertiary/aromatic N) is 1. The number of hydrogen-bond acceptors (Lipinski definition) is 3. The van der Waals surface area contributed by atoms with E-state index in [1.54, 1.807) is 6.07 Å². The van der Waals surface area contributed by atoms with E-state index >= 15 is 0 Å². The number of halogens is 2. The molecule has 2 nitrogen and oxygen atoms in total. The summed E-state index contributed by atoms with van der Waals surface area (Å²) in [6.07, 6.45) is 0. The summed E-state index contributed by atoms with van der Waals surface area (Å²) < 4.78 is 26.2. The summed E-state index contributed by atoms with van der Waals surface area (Å²) >= 11 is 1.38. The van der Waals surface area contributed by atoms with Gasteiger partial charge in [-0.05, 0) is 30.3 Å². The van der Waals surface area contributed by atoms with E-state index in [9.17, 15) is 8.78 Å². The molecule has 5 heteroatoms. The molecule has 0 fully saturated rings. The SMILES string of the molecule is Nc1cccc(-c2csc(-c3ccc(F)c(F)c3)n2)c1. The van der Waals surface area contributed by atoms with Gasteiger partial charge < -0.3 is 5.73 Å². The maximum atomic E-state index is 13.2. The lowest BCUT2D eigenvalue weighted by Crippen LogP contribution is -1.86. The zero-order valence-corrected chi connectivity index (χ0v) is 11.1. The molecule has 0 saturated heterocycles. The lowest BCUT2D eigenvalue weighted by atomic mass is 10.1. The monoisotopic (exact) mass is 288 g/mol. The summed E-state index contributed by atoms with van der Waals surface area (Å²) in [6.45, 7) is 0. The first kappa shape index (κ1) is 12.7. The maximum Gasteiger partial charge on any atom is 0.159 e. The number of nitrogens with two attached hydrogens (primary N) is 1. The third-order valence-electron chi connectivity index (χ3n) is 2.85. The van der Waals surface area contributed by atoms with Crippen molar-refractivity contribution in [2.75, 3.05) is 5.73 Å². The standard InChI is InChI=1S/C15H10F2N2S/c16-12-5-4-10(7-13(12)17)15-19-14(8-20-15)9-2-1-3-11(18)6-9/h1-8H,18H2. The van der Waals surface area contributed by atoms with Crippen LogP contribution in [-0.2, 0) is 0 Å². The predicted molar refractivity (Wildman–Crippen MR) is 77.3 cm³/mol. The van der Waals surface area contributed by atoms with Crippen LogP contribution in [0.1, 0.15) is 0 Å². The van der Waals surface area contributed by atoms with Gasteiger partial charge in [0.25, 0.3) is 0 Å². The van der Waals surface area contributed by atoms with Crippen molar-refractivity contribution in [2.24, 2.45) is 0 Å². The van der Waals surface area contributed by atoms with Gasteiger partial charge in [0.15, 0.2) is 11.6 Å². The molecule has 0 unspecified atom stereocenters. The fraction of sp³-hybridized carbons (Fsp3) is 0. The van der Waals surface area contributed by atoms with Gasteiger partial charge >= 0.3 is 0 Å². The minimum atomic E-state index is -0.872. The number of benzene rings is 2. The highest BCUT2D eigenvalue weighted by molar-refractivity contribution is 7.13. The number of anilines is 1. The van der Waals surface area contributed by atoms with Crippen molar-refractivity contribution < 1.29 is 8.78 Å². The van der Waals surface area contributed by atoms with E-state index in [1.807, 2.05) is 23.6 Å². The summed E-state index contributed by atoms with van der Waals surface area (Å²) in [5, 5.41) is 2.51. The molecule has 3 rings (SSSR count). The highest BCUT2D eigenvalue weighted by atomic mass is 32.1. The summed E-state index contributed by atoms with van der Waals surface area (Å²) in [7, 11) is 0. The lowest BCUT2D eigenvalue weighted by Gasteiger charge is -1.99. The van der Waals surface area contributed by atoms with Crippen LogP contribution in [-0.4, -0.2) is 4.98 Å². The fourth-order valence-corrected chi connectivity index (χ4v) is 2.69. The van der Waals surface area contributed by atoms with Gasteiger partial charge in [-0.1, -0.05) is 12.1 Å². The third-order valence-corrected chi connectivity index (χ3v) is 3.74. The first-order valence-corrected chi connectivity index (χ1v) is 6.78. The molecule has 0 bridgehead atoms. The van der Waals surface area contributed by atoms with Crippen molar-refractivity contribution in [2.45, 2.75) is 0 Å². The average molecular weight is 288 g/mol. The number of nitrogen functional groups attached to an aromatic ring is 1. The van der Waals surface area contributed by atoms with Crippen LogP contribution in [0.15, 0.2) is 47.8 Å². The lowest BCUT2D eigenvalue weighted by molar-refractivity contribution is 0.509. The first-order chi connectivity index (χ1) is 9.63. The highest BCUT2D eigenvalue weighted by Gasteiger charge is 2.09. The van der Waals surface area contributed by atoms with E-state index in [1.165, 1.54) is 17.4 Å². The van der Waals surface area contributed by atoms with Gasteiger partial charge in [0, 0.05) is 22.2 Å². The molecule has 0 amide bonds. The Morgan fingerprint density at radius 3 is 2.55 bits per heavy atom. The summed E-state index contributed by atoms with van der Waals surface area (Å²) in [6, 6.07) is 11.1. The Hall–Kier alpha value is -2.27. The zero-order valence-electron chi connectivity index (χ0n) is 10.3. The highest BCUT2D eigenvalue weighted by Crippen LogP contribution is 2.30. The van der Waals surface area contributed by atoms with Gasteiger partial charge in [0.1, 0.15) is 5.01 Å². The zero-order chi connectivity index (χ0) is 14.1. The Kier molecular flexibility index (Phi) is 3.20. The molecule has 2 aromatic carbocycles. The summed E-state index contributed by atoms with van der Waals surface area (Å²) in [4.78, 5) is 4.44. The minimum absolute atomic E-state index is 0.559. The van der Waals surface area contributed by atoms with Crippen LogP contribution in [0.25, 0.3) is 21.8 Å². The quantitative estimate of drug-likeness (QED) is 0.712. The van der Waals surface area contributed by atoms with Crippen LogP contribution < -0.4 is 5.73 Å². The van der Waals surface area contributed by atoms with E-state index in [0.29, 0.717) is 16.3 Å². The average Bonchev–Trinajstić information content (AvgIpc) is 2.92. The Balaban J connectivity index is 1.99. The van der Waals surface area contributed by atoms with Gasteiger partial charge in [-0.2, -0.15) is 0 Å². The molecule has 0 saturated carbocycles. The van der Waals surface area contributed by atoms with Crippen LogP contribution in [0.5, 0.6) is 0 Å². The maximum absolute atomic E-state index is 13.2. The van der Waals surface area contributed by atoms with E-state index < -0.39 is 11.6 Å². The van der Waals surface area contributed by atoms with Crippen LogP contribution in [0, 0.1) is 11.6 Å². The molecule has 2 N–H and O–H groups in total. The van der Waals surface area contributed by atoms with Crippen molar-refractivity contribution in [1.29, 1.82) is 0 Å². The fourth-order valence-electron chi connectivity index (χ4n) is 1.87. The molecule has 0 aliphatic rings. The topological polar surface area (TPSA) is 38.9 Å². The van der Waals surface area contributed by atoms with E-state index in [-0.39, 0.29) is 0 Å². The molecule has 0 spiro atoms. The minimum Gasteiger partial charge on any atom is -0.399 e. The Morgan fingerprint density at radius 1 is 0.950 bits per heavy atom. The molecular formula is C15H10F2N2S. The number of hydrogen-bond donors (Lipinski definition) is 1. The van der Waals surface area contributed by atoms with Crippen LogP contribution in [0.4, 0.5) is 14.5 Å². The second-order valence-electron chi connectivity index (χ2n) is 4.29. The number of aromatic nitrogens is 1. The van der Waals surface area contributed by atoms with Crippen molar-refractivity contribution >= 4 is 17.0 Å². The predicted octanol–water partition coefficient (Wildman–Crippen LogP) is 4.34. The van der Waals surface area contributed by atoms with Crippen molar-refractivity contribution in [3.8, 4) is 21.8 Å². The number of thiazole rings is 1. The second kappa shape index (κ2) is 5.02. The van der Waals surface area contributed by atoms with Crippen molar-refractivity contribution in [3.05, 3.63) is 59.5 Å². The van der Waals surface area contributed by atoms with Gasteiger partial charge in [-0.3, -0.25) is 0 Å². The van der Waals surface area contributed by atoms with E-state index in [2.05, 4.69) is 4.98 Å². The molecule has 20 heavy (non-hydrogen) atoms. The molecular weight excluding hydrogens is 278 g/mol. The van der Waals surface area contributed by atoms with Crippen molar-refractivity contribution in [3.63, 3.8) is 0 Å². The smallest absolute Gasteiger partial charge is 0.159 e. The molecule has 3 aromatic rings. The van der Waals surface area contributed by atoms with Gasteiger partial charge in [-0.25, -0.2) is 13.8 Å². The number of rotatable bonds is 2. The molecule has 1 aromatic heterocycles. The molecule has 0 aliphatic heterocycles. The molecule has 0 aliphatic carbocycles. The van der Waals surface area contributed by atoms with Crippen LogP contribution >= 0.6 is 11.3 Å². The van der Waals surface area contributed by atoms with E-state index in [0.717, 1.165) is 23.4 Å². The van der Waals surface area contributed by atoms with Gasteiger partial charge in [0.2, 0.25) is 0 Å². The van der Waals surface area contributed by atoms with E-state index in [4.69, 9.17) is 5.73 Å². The molecule has 0 atom stereocenters. The van der Waals surface area contributed by atoms with Crippen molar-refractivity contribution in [1.82, 2.24) is 4.98 Å². The Bertz CT molecular complexity index is 768. The summed E-state index contributed by atoms with van der Waals surface area (Å²) in [5.74, 6) is -1.73. The summed E-state index contributed by atoms with van der Waals surface area (Å²) in [5.41, 5.74) is 8.62. The largest absolute Gasteiger partial charge is 0.399 e.